The highest BCUT2D eigenvalue weighted by atomic mass is 16.5. The van der Waals surface area contributed by atoms with Crippen molar-refractivity contribution in [3.63, 3.8) is 0 Å². The van der Waals surface area contributed by atoms with E-state index in [0.29, 0.717) is 31.0 Å². The fourth-order valence-electron chi connectivity index (χ4n) is 2.57. The molecule has 25 heavy (non-hydrogen) atoms. The van der Waals surface area contributed by atoms with Crippen LogP contribution in [0.5, 0.6) is 0 Å². The number of nitrogens with one attached hydrogen (secondary N) is 1. The van der Waals surface area contributed by atoms with E-state index >= 15 is 0 Å². The van der Waals surface area contributed by atoms with Gasteiger partial charge in [-0.15, -0.1) is 0 Å². The van der Waals surface area contributed by atoms with Gasteiger partial charge in [-0.25, -0.2) is 4.79 Å². The first-order valence-corrected chi connectivity index (χ1v) is 8.72. The summed E-state index contributed by atoms with van der Waals surface area (Å²) < 4.78 is 5.21. The Hall–Kier alpha value is -2.37. The molecule has 1 aromatic rings. The van der Waals surface area contributed by atoms with Crippen LogP contribution in [0, 0.1) is 5.92 Å². The predicted octanol–water partition coefficient (Wildman–Crippen LogP) is 2.13. The highest BCUT2D eigenvalue weighted by molar-refractivity contribution is 5.92. The molecule has 1 aliphatic rings. The Morgan fingerprint density at radius 3 is 2.44 bits per heavy atom. The van der Waals surface area contributed by atoms with Gasteiger partial charge in [0, 0.05) is 26.1 Å². The first-order chi connectivity index (χ1) is 11.9. The Bertz CT molecular complexity index is 625. The second kappa shape index (κ2) is 8.65. The van der Waals surface area contributed by atoms with E-state index in [9.17, 15) is 14.4 Å². The SMILES string of the molecule is CC(C)CNC(=O)C(C)OC(=O)c1ccc(CN2CCCC2=O)cc1. The van der Waals surface area contributed by atoms with Crippen LogP contribution in [0.25, 0.3) is 0 Å². The average Bonchev–Trinajstić information content (AvgIpc) is 2.98. The minimum Gasteiger partial charge on any atom is -0.449 e. The molecule has 0 aromatic heterocycles. The maximum Gasteiger partial charge on any atom is 0.338 e. The molecule has 0 spiro atoms. The monoisotopic (exact) mass is 346 g/mol. The van der Waals surface area contributed by atoms with Crippen LogP contribution in [0.2, 0.25) is 0 Å². The van der Waals surface area contributed by atoms with E-state index < -0.39 is 12.1 Å². The van der Waals surface area contributed by atoms with Gasteiger partial charge < -0.3 is 15.0 Å². The van der Waals surface area contributed by atoms with Crippen LogP contribution in [-0.4, -0.2) is 41.9 Å². The Kier molecular flexibility index (Phi) is 6.56. The van der Waals surface area contributed by atoms with E-state index in [2.05, 4.69) is 5.32 Å². The standard InChI is InChI=1S/C19H26N2O4/c1-13(2)11-20-18(23)14(3)25-19(24)16-8-6-15(7-9-16)12-21-10-4-5-17(21)22/h6-9,13-14H,4-5,10-12H2,1-3H3,(H,20,23). The molecule has 136 valence electrons. The molecular weight excluding hydrogens is 320 g/mol. The van der Waals surface area contributed by atoms with E-state index in [1.54, 1.807) is 19.1 Å². The van der Waals surface area contributed by atoms with Gasteiger partial charge >= 0.3 is 5.97 Å². The molecule has 1 fully saturated rings. The number of carbonyl (C=O) groups excluding carboxylic acids is 3. The molecule has 1 aromatic carbocycles. The molecule has 1 aliphatic heterocycles. The fraction of sp³-hybridized carbons (Fsp3) is 0.526. The van der Waals surface area contributed by atoms with E-state index in [-0.39, 0.29) is 11.8 Å². The van der Waals surface area contributed by atoms with Crippen molar-refractivity contribution >= 4 is 17.8 Å². The van der Waals surface area contributed by atoms with Gasteiger partial charge in [0.05, 0.1) is 5.56 Å². The number of amides is 2. The summed E-state index contributed by atoms with van der Waals surface area (Å²) >= 11 is 0. The third-order valence-corrected chi connectivity index (χ3v) is 4.07. The van der Waals surface area contributed by atoms with Gasteiger partial charge in [0.25, 0.3) is 5.91 Å². The number of esters is 1. The molecule has 0 saturated carbocycles. The molecule has 1 unspecified atom stereocenters. The quantitative estimate of drug-likeness (QED) is 0.768. The average molecular weight is 346 g/mol. The lowest BCUT2D eigenvalue weighted by Crippen LogP contribution is -2.37. The third-order valence-electron chi connectivity index (χ3n) is 4.07. The van der Waals surface area contributed by atoms with Gasteiger partial charge in [-0.1, -0.05) is 26.0 Å². The van der Waals surface area contributed by atoms with Crippen molar-refractivity contribution in [3.05, 3.63) is 35.4 Å². The Morgan fingerprint density at radius 2 is 1.88 bits per heavy atom. The van der Waals surface area contributed by atoms with Gasteiger partial charge in [-0.2, -0.15) is 0 Å². The summed E-state index contributed by atoms with van der Waals surface area (Å²) in [5.74, 6) is -0.325. The van der Waals surface area contributed by atoms with Crippen LogP contribution >= 0.6 is 0 Å². The molecule has 6 nitrogen and oxygen atoms in total. The fourth-order valence-corrected chi connectivity index (χ4v) is 2.57. The van der Waals surface area contributed by atoms with E-state index in [0.717, 1.165) is 18.5 Å². The molecule has 6 heteroatoms. The first kappa shape index (κ1) is 19.0. The molecular formula is C19H26N2O4. The summed E-state index contributed by atoms with van der Waals surface area (Å²) in [4.78, 5) is 37.5. The van der Waals surface area contributed by atoms with Crippen LogP contribution < -0.4 is 5.32 Å². The van der Waals surface area contributed by atoms with Crippen LogP contribution in [0.3, 0.4) is 0 Å². The Balaban J connectivity index is 1.87. The summed E-state index contributed by atoms with van der Waals surface area (Å²) in [6, 6.07) is 6.95. The molecule has 1 heterocycles. The molecule has 2 amide bonds. The second-order valence-electron chi connectivity index (χ2n) is 6.80. The van der Waals surface area contributed by atoms with Gasteiger partial charge in [0.15, 0.2) is 6.10 Å². The minimum atomic E-state index is -0.840. The highest BCUT2D eigenvalue weighted by Gasteiger charge is 2.21. The van der Waals surface area contributed by atoms with Gasteiger partial charge in [-0.3, -0.25) is 9.59 Å². The minimum absolute atomic E-state index is 0.171. The van der Waals surface area contributed by atoms with Gasteiger partial charge in [0.2, 0.25) is 5.91 Å². The summed E-state index contributed by atoms with van der Waals surface area (Å²) in [6.07, 6.45) is 0.675. The number of hydrogen-bond acceptors (Lipinski definition) is 4. The zero-order chi connectivity index (χ0) is 18.4. The molecule has 0 aliphatic carbocycles. The molecule has 0 radical (unpaired) electrons. The lowest BCUT2D eigenvalue weighted by molar-refractivity contribution is -0.129. The van der Waals surface area contributed by atoms with Crippen molar-refractivity contribution in [2.45, 2.75) is 46.3 Å². The molecule has 1 atom stereocenters. The Morgan fingerprint density at radius 1 is 1.20 bits per heavy atom. The van der Waals surface area contributed by atoms with Gasteiger partial charge in [0.1, 0.15) is 0 Å². The van der Waals surface area contributed by atoms with Crippen LogP contribution in [0.1, 0.15) is 49.5 Å². The lowest BCUT2D eigenvalue weighted by atomic mass is 10.1. The van der Waals surface area contributed by atoms with Crippen molar-refractivity contribution in [1.82, 2.24) is 10.2 Å². The van der Waals surface area contributed by atoms with Crippen LogP contribution in [-0.2, 0) is 20.9 Å². The maximum atomic E-state index is 12.1. The van der Waals surface area contributed by atoms with Crippen molar-refractivity contribution in [2.75, 3.05) is 13.1 Å². The second-order valence-corrected chi connectivity index (χ2v) is 6.80. The zero-order valence-electron chi connectivity index (χ0n) is 15.1. The normalized spacial score (nSPS) is 15.4. The van der Waals surface area contributed by atoms with E-state index in [4.69, 9.17) is 4.74 Å². The van der Waals surface area contributed by atoms with Crippen LogP contribution in [0.4, 0.5) is 0 Å². The van der Waals surface area contributed by atoms with E-state index in [1.807, 2.05) is 30.9 Å². The lowest BCUT2D eigenvalue weighted by Gasteiger charge is -2.16. The van der Waals surface area contributed by atoms with Crippen molar-refractivity contribution < 1.29 is 19.1 Å². The van der Waals surface area contributed by atoms with Crippen molar-refractivity contribution in [1.29, 1.82) is 0 Å². The van der Waals surface area contributed by atoms with Crippen LogP contribution in [0.15, 0.2) is 24.3 Å². The van der Waals surface area contributed by atoms with E-state index in [1.165, 1.54) is 0 Å². The summed E-state index contributed by atoms with van der Waals surface area (Å²) in [6.45, 7) is 7.43. The predicted molar refractivity (Wildman–Crippen MR) is 93.8 cm³/mol. The number of likely N-dealkylation sites (tertiary alicyclic amines) is 1. The van der Waals surface area contributed by atoms with Crippen molar-refractivity contribution in [3.8, 4) is 0 Å². The largest absolute Gasteiger partial charge is 0.449 e. The molecule has 1 N–H and O–H groups in total. The summed E-state index contributed by atoms with van der Waals surface area (Å²) in [5, 5.41) is 2.74. The zero-order valence-corrected chi connectivity index (χ0v) is 15.1. The number of rotatable bonds is 7. The Labute approximate surface area is 148 Å². The maximum absolute atomic E-state index is 12.1. The molecule has 0 bridgehead atoms. The molecule has 2 rings (SSSR count). The van der Waals surface area contributed by atoms with Gasteiger partial charge in [-0.05, 0) is 37.0 Å². The highest BCUT2D eigenvalue weighted by Crippen LogP contribution is 2.15. The smallest absolute Gasteiger partial charge is 0.338 e. The molecule has 1 saturated heterocycles. The third kappa shape index (κ3) is 5.59. The number of ether oxygens (including phenoxy) is 1. The number of benzene rings is 1. The number of hydrogen-bond donors (Lipinski definition) is 1. The number of carbonyl (C=O) groups is 3. The summed E-state index contributed by atoms with van der Waals surface area (Å²) in [7, 11) is 0. The topological polar surface area (TPSA) is 75.7 Å². The first-order valence-electron chi connectivity index (χ1n) is 8.72. The van der Waals surface area contributed by atoms with Crippen molar-refractivity contribution in [2.24, 2.45) is 5.92 Å². The summed E-state index contributed by atoms with van der Waals surface area (Å²) in [5.41, 5.74) is 1.36. The number of nitrogens with zero attached hydrogens (tertiary/aromatic N) is 1.